The Morgan fingerprint density at radius 1 is 1.10 bits per heavy atom. The zero-order valence-corrected chi connectivity index (χ0v) is 17.1. The van der Waals surface area contributed by atoms with Gasteiger partial charge in [-0.3, -0.25) is 10.0 Å². The van der Waals surface area contributed by atoms with Crippen molar-refractivity contribution < 1.29 is 41.1 Å². The number of ether oxygens (including phenoxy) is 2. The molecule has 2 aliphatic rings. The third-order valence-corrected chi connectivity index (χ3v) is 6.80. The van der Waals surface area contributed by atoms with Crippen LogP contribution in [-0.4, -0.2) is 73.5 Å². The van der Waals surface area contributed by atoms with Gasteiger partial charge in [-0.25, -0.2) is 0 Å². The summed E-state index contributed by atoms with van der Waals surface area (Å²) >= 11 is 0. The van der Waals surface area contributed by atoms with E-state index in [9.17, 15) is 31.6 Å². The first kappa shape index (κ1) is 24.3. The number of carbonyl (C=O) groups is 1. The predicted octanol–water partition coefficient (Wildman–Crippen LogP) is 2.48. The van der Waals surface area contributed by atoms with Crippen LogP contribution in [0.1, 0.15) is 51.4 Å². The molecular weight excluding hydrogens is 417 g/mol. The van der Waals surface area contributed by atoms with E-state index in [0.717, 1.165) is 4.31 Å². The van der Waals surface area contributed by atoms with Crippen LogP contribution in [0, 0.1) is 5.92 Å². The highest BCUT2D eigenvalue weighted by Gasteiger charge is 2.38. The summed E-state index contributed by atoms with van der Waals surface area (Å²) in [6.45, 7) is 1.22. The Labute approximate surface area is 169 Å². The zero-order chi connectivity index (χ0) is 21.5. The standard InChI is InChI=1S/C17H29F3N2O6S/c18-17(19,20)8-2-1-3-11-28-15-4-9-21(10-5-15)29(25,26)22(24)16(23)14-6-12-27-13-7-14/h14-15,24H,1-13H2. The van der Waals surface area contributed by atoms with Crippen molar-refractivity contribution in [3.05, 3.63) is 0 Å². The molecule has 170 valence electrons. The largest absolute Gasteiger partial charge is 0.389 e. The van der Waals surface area contributed by atoms with Gasteiger partial charge >= 0.3 is 16.4 Å². The molecule has 0 spiro atoms. The Bertz CT molecular complexity index is 617. The second kappa shape index (κ2) is 10.9. The first-order valence-corrected chi connectivity index (χ1v) is 11.3. The van der Waals surface area contributed by atoms with Crippen LogP contribution in [0.2, 0.25) is 0 Å². The Hall–Kier alpha value is -0.950. The van der Waals surface area contributed by atoms with Crippen LogP contribution < -0.4 is 0 Å². The quantitative estimate of drug-likeness (QED) is 0.332. The van der Waals surface area contributed by atoms with Gasteiger partial charge in [0.1, 0.15) is 0 Å². The van der Waals surface area contributed by atoms with E-state index >= 15 is 0 Å². The van der Waals surface area contributed by atoms with Crippen LogP contribution in [-0.2, 0) is 24.5 Å². The Balaban J connectivity index is 1.70. The van der Waals surface area contributed by atoms with E-state index in [-0.39, 0.29) is 30.1 Å². The normalized spacial score (nSPS) is 20.7. The molecule has 1 amide bonds. The van der Waals surface area contributed by atoms with Gasteiger partial charge in [0.2, 0.25) is 0 Å². The highest BCUT2D eigenvalue weighted by Crippen LogP contribution is 2.24. The monoisotopic (exact) mass is 446 g/mol. The summed E-state index contributed by atoms with van der Waals surface area (Å²) < 4.78 is 72.9. The van der Waals surface area contributed by atoms with Crippen molar-refractivity contribution in [2.24, 2.45) is 5.92 Å². The summed E-state index contributed by atoms with van der Waals surface area (Å²) in [6, 6.07) is 0. The van der Waals surface area contributed by atoms with Crippen LogP contribution in [0.4, 0.5) is 13.2 Å². The molecule has 2 fully saturated rings. The number of nitrogens with zero attached hydrogens (tertiary/aromatic N) is 2. The van der Waals surface area contributed by atoms with E-state index in [1.807, 2.05) is 0 Å². The molecule has 0 radical (unpaired) electrons. The van der Waals surface area contributed by atoms with Crippen LogP contribution >= 0.6 is 0 Å². The fourth-order valence-corrected chi connectivity index (χ4v) is 4.68. The van der Waals surface area contributed by atoms with E-state index in [1.165, 1.54) is 0 Å². The van der Waals surface area contributed by atoms with Crippen molar-refractivity contribution in [3.63, 3.8) is 0 Å². The molecule has 0 saturated carbocycles. The smallest absolute Gasteiger partial charge is 0.381 e. The van der Waals surface area contributed by atoms with E-state index in [4.69, 9.17) is 9.47 Å². The first-order chi connectivity index (χ1) is 13.6. The molecule has 2 aliphatic heterocycles. The van der Waals surface area contributed by atoms with Crippen LogP contribution in [0.15, 0.2) is 0 Å². The summed E-state index contributed by atoms with van der Waals surface area (Å²) in [6.07, 6.45) is -2.62. The van der Waals surface area contributed by atoms with Gasteiger partial charge in [0.25, 0.3) is 5.91 Å². The highest BCUT2D eigenvalue weighted by molar-refractivity contribution is 7.87. The van der Waals surface area contributed by atoms with Gasteiger partial charge in [-0.05, 0) is 38.5 Å². The second-order valence-electron chi connectivity index (χ2n) is 7.37. The lowest BCUT2D eigenvalue weighted by molar-refractivity contribution is -0.154. The van der Waals surface area contributed by atoms with Gasteiger partial charge in [-0.2, -0.15) is 25.9 Å². The molecule has 8 nitrogen and oxygen atoms in total. The molecule has 0 aromatic rings. The molecule has 1 N–H and O–H groups in total. The maximum absolute atomic E-state index is 12.5. The number of hydroxylamine groups is 1. The topological polar surface area (TPSA) is 96.4 Å². The minimum atomic E-state index is -4.31. The molecule has 29 heavy (non-hydrogen) atoms. The number of carbonyl (C=O) groups excluding carboxylic acids is 1. The molecular formula is C17H29F3N2O6S. The Kier molecular flexibility index (Phi) is 9.14. The molecule has 0 atom stereocenters. The maximum Gasteiger partial charge on any atom is 0.389 e. The average Bonchev–Trinajstić information content (AvgIpc) is 2.69. The number of hydrogen-bond donors (Lipinski definition) is 1. The lowest BCUT2D eigenvalue weighted by Gasteiger charge is -2.33. The van der Waals surface area contributed by atoms with Crippen LogP contribution in [0.5, 0.6) is 0 Å². The fraction of sp³-hybridized carbons (Fsp3) is 0.941. The summed E-state index contributed by atoms with van der Waals surface area (Å²) in [7, 11) is -4.31. The predicted molar refractivity (Wildman–Crippen MR) is 96.2 cm³/mol. The molecule has 0 aromatic heterocycles. The number of piperidine rings is 1. The molecule has 0 bridgehead atoms. The SMILES string of the molecule is O=C(C1CCOCC1)N(O)S(=O)(=O)N1CCC(OCCCCCC(F)(F)F)CC1. The summed E-state index contributed by atoms with van der Waals surface area (Å²) in [5, 5.41) is 10.00. The third-order valence-electron chi connectivity index (χ3n) is 5.16. The van der Waals surface area contributed by atoms with Crippen molar-refractivity contribution in [2.45, 2.75) is 63.6 Å². The number of hydrogen-bond acceptors (Lipinski definition) is 6. The lowest BCUT2D eigenvalue weighted by atomic mass is 10.00. The van der Waals surface area contributed by atoms with E-state index in [0.29, 0.717) is 58.3 Å². The fourth-order valence-electron chi connectivity index (χ4n) is 3.41. The molecule has 0 aromatic carbocycles. The molecule has 12 heteroatoms. The second-order valence-corrected chi connectivity index (χ2v) is 9.13. The van der Waals surface area contributed by atoms with Crippen molar-refractivity contribution in [2.75, 3.05) is 32.9 Å². The van der Waals surface area contributed by atoms with Gasteiger partial charge in [0.15, 0.2) is 0 Å². The van der Waals surface area contributed by atoms with Gasteiger partial charge in [0, 0.05) is 45.2 Å². The van der Waals surface area contributed by atoms with E-state index < -0.39 is 34.6 Å². The molecule has 0 unspecified atom stereocenters. The summed E-state index contributed by atoms with van der Waals surface area (Å²) in [4.78, 5) is 12.3. The van der Waals surface area contributed by atoms with Crippen molar-refractivity contribution in [1.29, 1.82) is 0 Å². The van der Waals surface area contributed by atoms with Gasteiger partial charge in [-0.1, -0.05) is 10.9 Å². The average molecular weight is 446 g/mol. The summed E-state index contributed by atoms with van der Waals surface area (Å²) in [5.41, 5.74) is 0. The van der Waals surface area contributed by atoms with Gasteiger partial charge in [-0.15, -0.1) is 0 Å². The number of halogens is 3. The number of unbranched alkanes of at least 4 members (excludes halogenated alkanes) is 2. The Morgan fingerprint density at radius 2 is 1.72 bits per heavy atom. The highest BCUT2D eigenvalue weighted by atomic mass is 32.2. The van der Waals surface area contributed by atoms with E-state index in [2.05, 4.69) is 0 Å². The number of rotatable bonds is 9. The van der Waals surface area contributed by atoms with Crippen LogP contribution in [0.3, 0.4) is 0 Å². The van der Waals surface area contributed by atoms with Gasteiger partial charge in [0.05, 0.1) is 6.10 Å². The molecule has 2 heterocycles. The maximum atomic E-state index is 12.5. The van der Waals surface area contributed by atoms with Gasteiger partial charge < -0.3 is 9.47 Å². The number of amides is 1. The first-order valence-electron chi connectivity index (χ1n) is 9.90. The minimum Gasteiger partial charge on any atom is -0.381 e. The number of alkyl halides is 3. The molecule has 2 rings (SSSR count). The van der Waals surface area contributed by atoms with Crippen molar-refractivity contribution in [3.8, 4) is 0 Å². The van der Waals surface area contributed by atoms with Crippen molar-refractivity contribution in [1.82, 2.24) is 8.77 Å². The van der Waals surface area contributed by atoms with Crippen LogP contribution in [0.25, 0.3) is 0 Å². The molecule has 2 saturated heterocycles. The zero-order valence-electron chi connectivity index (χ0n) is 16.3. The third kappa shape index (κ3) is 7.67. The minimum absolute atomic E-state index is 0.0665. The van der Waals surface area contributed by atoms with E-state index in [1.54, 1.807) is 0 Å². The summed E-state index contributed by atoms with van der Waals surface area (Å²) in [5.74, 6) is -1.42. The van der Waals surface area contributed by atoms with Crippen molar-refractivity contribution >= 4 is 16.1 Å². The Morgan fingerprint density at radius 3 is 2.31 bits per heavy atom. The lowest BCUT2D eigenvalue weighted by Crippen LogP contribution is -2.50. The molecule has 0 aliphatic carbocycles.